The lowest BCUT2D eigenvalue weighted by Crippen LogP contribution is -2.60. The van der Waals surface area contributed by atoms with E-state index in [1.54, 1.807) is 20.8 Å². The molecule has 14 heteroatoms. The first-order valence-electron chi connectivity index (χ1n) is 18.7. The first-order valence-corrected chi connectivity index (χ1v) is 18.7. The molecule has 1 aromatic rings. The smallest absolute Gasteiger partial charge is 0.411 e. The maximum Gasteiger partial charge on any atom is 0.411 e. The Labute approximate surface area is 307 Å². The van der Waals surface area contributed by atoms with Gasteiger partial charge in [0.1, 0.15) is 36.1 Å². The minimum absolute atomic E-state index is 0.0123. The topological polar surface area (TPSA) is 153 Å². The molecule has 0 bridgehead atoms. The van der Waals surface area contributed by atoms with Crippen LogP contribution in [0.25, 0.3) is 0 Å². The van der Waals surface area contributed by atoms with E-state index in [1.807, 2.05) is 51.1 Å². The average molecular weight is 731 g/mol. The highest BCUT2D eigenvalue weighted by Gasteiger charge is 2.41. The van der Waals surface area contributed by atoms with Crippen LogP contribution in [0, 0.1) is 0 Å². The van der Waals surface area contributed by atoms with Gasteiger partial charge in [0.25, 0.3) is 0 Å². The molecule has 0 spiro atoms. The first kappa shape index (κ1) is 40.7. The monoisotopic (exact) mass is 730 g/mol. The second-order valence-corrected chi connectivity index (χ2v) is 15.8. The van der Waals surface area contributed by atoms with E-state index in [9.17, 15) is 24.0 Å². The van der Waals surface area contributed by atoms with E-state index in [4.69, 9.17) is 23.7 Å². The summed E-state index contributed by atoms with van der Waals surface area (Å²) in [5, 5.41) is 3.14. The molecule has 1 aromatic carbocycles. The van der Waals surface area contributed by atoms with Crippen LogP contribution in [0.1, 0.15) is 98.5 Å². The van der Waals surface area contributed by atoms with Crippen LogP contribution in [0.4, 0.5) is 14.4 Å². The zero-order valence-corrected chi connectivity index (χ0v) is 31.7. The normalized spacial score (nSPS) is 21.5. The predicted octanol–water partition coefficient (Wildman–Crippen LogP) is 5.41. The standard InChI is InChI=1S/C23H32N2O6.C15H26N2O4/c1-23(2,3)31-22(28)25-14-13-24(21(27)29-16-17-9-5-4-6-10-17)15-19(25)20(26)30-18-11-7-8-12-18;1-15(2,3)21-14(19)17-9-8-16-10-12(17)13(18)20-11-6-4-5-7-11/h4-6,9-10,18-19H,7-8,11-16H2,1-3H3;11-12,16H,4-10H2,1-3H3/t19-;12-/m00/s1. The van der Waals surface area contributed by atoms with E-state index in [2.05, 4.69) is 5.32 Å². The molecule has 1 N–H and O–H groups in total. The lowest BCUT2D eigenvalue weighted by Gasteiger charge is -2.40. The number of hydrogen-bond donors (Lipinski definition) is 1. The van der Waals surface area contributed by atoms with Gasteiger partial charge in [0.2, 0.25) is 0 Å². The Bertz CT molecular complexity index is 1350. The van der Waals surface area contributed by atoms with E-state index < -0.39 is 47.5 Å². The van der Waals surface area contributed by atoms with Gasteiger partial charge in [-0.15, -0.1) is 0 Å². The number of piperazine rings is 2. The second-order valence-electron chi connectivity index (χ2n) is 15.8. The highest BCUT2D eigenvalue weighted by Crippen LogP contribution is 2.25. The average Bonchev–Trinajstić information content (AvgIpc) is 3.81. The van der Waals surface area contributed by atoms with Crippen LogP contribution >= 0.6 is 0 Å². The van der Waals surface area contributed by atoms with E-state index in [1.165, 1.54) is 14.7 Å². The molecule has 0 aromatic heterocycles. The van der Waals surface area contributed by atoms with E-state index in [0.29, 0.717) is 19.6 Å². The van der Waals surface area contributed by atoms with Crippen molar-refractivity contribution in [1.82, 2.24) is 20.0 Å². The fourth-order valence-electron chi connectivity index (χ4n) is 6.45. The van der Waals surface area contributed by atoms with Gasteiger partial charge in [0.15, 0.2) is 6.04 Å². The number of benzene rings is 1. The van der Waals surface area contributed by atoms with Crippen molar-refractivity contribution in [3.05, 3.63) is 35.9 Å². The zero-order chi connectivity index (χ0) is 37.9. The number of hydrogen-bond acceptors (Lipinski definition) is 11. The lowest BCUT2D eigenvalue weighted by atomic mass is 10.1. The Morgan fingerprint density at radius 3 is 1.69 bits per heavy atom. The van der Waals surface area contributed by atoms with Crippen molar-refractivity contribution in [2.45, 2.75) is 135 Å². The van der Waals surface area contributed by atoms with Crippen LogP contribution in [0.15, 0.2) is 30.3 Å². The SMILES string of the molecule is CC(C)(C)OC(=O)N1CCN(C(=O)OCc2ccccc2)C[C@H]1C(=O)OC1CCCC1.CC(C)(C)OC(=O)N1CCNC[C@H]1C(=O)OC1CCCC1. The summed E-state index contributed by atoms with van der Waals surface area (Å²) in [6, 6.07) is 7.87. The molecule has 4 aliphatic rings. The summed E-state index contributed by atoms with van der Waals surface area (Å²) in [5.74, 6) is -0.821. The Balaban J connectivity index is 0.000000251. The maximum atomic E-state index is 12.9. The molecule has 2 aliphatic carbocycles. The van der Waals surface area contributed by atoms with E-state index in [-0.39, 0.29) is 44.4 Å². The van der Waals surface area contributed by atoms with Crippen molar-refractivity contribution in [1.29, 1.82) is 0 Å². The molecule has 2 saturated carbocycles. The van der Waals surface area contributed by atoms with Gasteiger partial charge in [0, 0.05) is 32.7 Å². The Morgan fingerprint density at radius 1 is 0.673 bits per heavy atom. The van der Waals surface area contributed by atoms with Gasteiger partial charge in [-0.05, 0) is 98.5 Å². The summed E-state index contributed by atoms with van der Waals surface area (Å²) in [4.78, 5) is 67.1. The highest BCUT2D eigenvalue weighted by atomic mass is 16.6. The van der Waals surface area contributed by atoms with Gasteiger partial charge >= 0.3 is 30.2 Å². The molecule has 0 unspecified atom stereocenters. The summed E-state index contributed by atoms with van der Waals surface area (Å²) >= 11 is 0. The molecule has 14 nitrogen and oxygen atoms in total. The summed E-state index contributed by atoms with van der Waals surface area (Å²) < 4.78 is 27.4. The predicted molar refractivity (Wildman–Crippen MR) is 191 cm³/mol. The number of esters is 2. The third-order valence-electron chi connectivity index (χ3n) is 9.06. The fourth-order valence-corrected chi connectivity index (χ4v) is 6.45. The fraction of sp³-hybridized carbons (Fsp3) is 0.711. The lowest BCUT2D eigenvalue weighted by molar-refractivity contribution is -0.157. The molecule has 2 saturated heterocycles. The van der Waals surface area contributed by atoms with Gasteiger partial charge in [-0.3, -0.25) is 9.80 Å². The number of amides is 3. The Morgan fingerprint density at radius 2 is 1.17 bits per heavy atom. The second kappa shape index (κ2) is 18.6. The molecule has 5 rings (SSSR count). The summed E-state index contributed by atoms with van der Waals surface area (Å²) in [6.07, 6.45) is 6.10. The minimum Gasteiger partial charge on any atom is -0.461 e. The number of rotatable bonds is 6. The molecule has 2 aliphatic heterocycles. The van der Waals surface area contributed by atoms with Gasteiger partial charge in [-0.2, -0.15) is 0 Å². The number of carbonyl (C=O) groups is 5. The zero-order valence-electron chi connectivity index (χ0n) is 31.7. The van der Waals surface area contributed by atoms with Crippen molar-refractivity contribution in [2.24, 2.45) is 0 Å². The van der Waals surface area contributed by atoms with Gasteiger partial charge in [0.05, 0.1) is 6.54 Å². The summed E-state index contributed by atoms with van der Waals surface area (Å²) in [5.41, 5.74) is -0.384. The largest absolute Gasteiger partial charge is 0.461 e. The number of ether oxygens (including phenoxy) is 5. The molecule has 4 fully saturated rings. The van der Waals surface area contributed by atoms with E-state index in [0.717, 1.165) is 56.9 Å². The van der Waals surface area contributed by atoms with Crippen LogP contribution in [0.2, 0.25) is 0 Å². The quantitative estimate of drug-likeness (QED) is 0.295. The highest BCUT2D eigenvalue weighted by molar-refractivity contribution is 5.83. The molecule has 0 radical (unpaired) electrons. The van der Waals surface area contributed by atoms with Crippen molar-refractivity contribution >= 4 is 30.2 Å². The van der Waals surface area contributed by atoms with Crippen molar-refractivity contribution < 1.29 is 47.7 Å². The third-order valence-corrected chi connectivity index (χ3v) is 9.06. The third kappa shape index (κ3) is 12.9. The van der Waals surface area contributed by atoms with E-state index >= 15 is 0 Å². The molecule has 3 amide bonds. The van der Waals surface area contributed by atoms with Crippen LogP contribution in [0.5, 0.6) is 0 Å². The number of nitrogens with zero attached hydrogens (tertiary/aromatic N) is 3. The molecule has 290 valence electrons. The number of nitrogens with one attached hydrogen (secondary N) is 1. The molecular weight excluding hydrogens is 672 g/mol. The molecular formula is C38H58N4O10. The van der Waals surface area contributed by atoms with Crippen LogP contribution in [-0.2, 0) is 39.9 Å². The minimum atomic E-state index is -0.923. The number of carbonyl (C=O) groups excluding carboxylic acids is 5. The van der Waals surface area contributed by atoms with Crippen LogP contribution in [0.3, 0.4) is 0 Å². The molecule has 52 heavy (non-hydrogen) atoms. The summed E-state index contributed by atoms with van der Waals surface area (Å²) in [7, 11) is 0. The van der Waals surface area contributed by atoms with Crippen molar-refractivity contribution in [3.63, 3.8) is 0 Å². The van der Waals surface area contributed by atoms with Crippen molar-refractivity contribution in [2.75, 3.05) is 39.3 Å². The Hall–Kier alpha value is -4.07. The van der Waals surface area contributed by atoms with Crippen LogP contribution < -0.4 is 5.32 Å². The van der Waals surface area contributed by atoms with Gasteiger partial charge < -0.3 is 33.9 Å². The Kier molecular flexibility index (Phi) is 14.6. The first-order chi connectivity index (χ1) is 24.6. The molecule has 2 atom stereocenters. The van der Waals surface area contributed by atoms with Crippen molar-refractivity contribution in [3.8, 4) is 0 Å². The van der Waals surface area contributed by atoms with Crippen LogP contribution in [-0.4, -0.2) is 120 Å². The maximum absolute atomic E-state index is 12.9. The van der Waals surface area contributed by atoms with Gasteiger partial charge in [-0.1, -0.05) is 30.3 Å². The van der Waals surface area contributed by atoms with Gasteiger partial charge in [-0.25, -0.2) is 24.0 Å². The summed E-state index contributed by atoms with van der Waals surface area (Å²) in [6.45, 7) is 12.9. The molecule has 2 heterocycles.